The molecule has 15 heavy (non-hydrogen) atoms. The average Bonchev–Trinajstić information content (AvgIpc) is 2.74. The fourth-order valence-corrected chi connectivity index (χ4v) is 2.72. The van der Waals surface area contributed by atoms with E-state index in [0.29, 0.717) is 12.7 Å². The highest BCUT2D eigenvalue weighted by Crippen LogP contribution is 2.22. The Hall–Kier alpha value is -0.120. The van der Waals surface area contributed by atoms with Gasteiger partial charge in [0.25, 0.3) is 0 Å². The van der Waals surface area contributed by atoms with E-state index in [1.165, 1.54) is 38.8 Å². The zero-order valence-corrected chi connectivity index (χ0v) is 9.53. The van der Waals surface area contributed by atoms with Crippen LogP contribution in [0.4, 0.5) is 0 Å². The van der Waals surface area contributed by atoms with Crippen molar-refractivity contribution in [3.63, 3.8) is 0 Å². The molecule has 2 aliphatic rings. The van der Waals surface area contributed by atoms with Gasteiger partial charge in [0.2, 0.25) is 0 Å². The summed E-state index contributed by atoms with van der Waals surface area (Å²) in [4.78, 5) is 2.53. The summed E-state index contributed by atoms with van der Waals surface area (Å²) >= 11 is 0. The van der Waals surface area contributed by atoms with Crippen molar-refractivity contribution in [2.45, 2.75) is 38.2 Å². The highest BCUT2D eigenvalue weighted by atomic mass is 16.5. The second-order valence-electron chi connectivity index (χ2n) is 4.89. The summed E-state index contributed by atoms with van der Waals surface area (Å²) in [7, 11) is 0. The molecule has 0 bridgehead atoms. The van der Waals surface area contributed by atoms with Crippen LogP contribution in [0.3, 0.4) is 0 Å². The molecule has 2 aliphatic heterocycles. The van der Waals surface area contributed by atoms with Gasteiger partial charge in [0, 0.05) is 19.8 Å². The van der Waals surface area contributed by atoms with Crippen molar-refractivity contribution in [2.24, 2.45) is 5.92 Å². The van der Waals surface area contributed by atoms with Gasteiger partial charge in [-0.1, -0.05) is 0 Å². The number of nitrogens with zero attached hydrogens (tertiary/aromatic N) is 1. The number of likely N-dealkylation sites (tertiary alicyclic amines) is 1. The van der Waals surface area contributed by atoms with Crippen molar-refractivity contribution in [3.05, 3.63) is 0 Å². The molecule has 0 aliphatic carbocycles. The topological polar surface area (TPSA) is 32.7 Å². The van der Waals surface area contributed by atoms with Crippen LogP contribution in [0.2, 0.25) is 0 Å². The molecule has 88 valence electrons. The SMILES string of the molecule is OCCC1CCN(C[C@@H]2CCCO2)CC1. The Bertz CT molecular complexity index is 172. The molecular formula is C12H23NO2. The van der Waals surface area contributed by atoms with Crippen molar-refractivity contribution >= 4 is 0 Å². The predicted molar refractivity (Wildman–Crippen MR) is 59.8 cm³/mol. The number of hydrogen-bond donors (Lipinski definition) is 1. The van der Waals surface area contributed by atoms with E-state index in [4.69, 9.17) is 9.84 Å². The second-order valence-corrected chi connectivity index (χ2v) is 4.89. The molecular weight excluding hydrogens is 190 g/mol. The average molecular weight is 213 g/mol. The number of piperidine rings is 1. The van der Waals surface area contributed by atoms with Crippen LogP contribution in [0.15, 0.2) is 0 Å². The molecule has 3 heteroatoms. The maximum absolute atomic E-state index is 8.88. The lowest BCUT2D eigenvalue weighted by Crippen LogP contribution is -2.38. The summed E-state index contributed by atoms with van der Waals surface area (Å²) in [5, 5.41) is 8.88. The number of aliphatic hydroxyl groups excluding tert-OH is 1. The molecule has 1 N–H and O–H groups in total. The maximum Gasteiger partial charge on any atom is 0.0702 e. The molecule has 0 spiro atoms. The van der Waals surface area contributed by atoms with Gasteiger partial charge in [-0.15, -0.1) is 0 Å². The zero-order chi connectivity index (χ0) is 10.5. The van der Waals surface area contributed by atoms with E-state index < -0.39 is 0 Å². The van der Waals surface area contributed by atoms with E-state index in [0.717, 1.165) is 25.5 Å². The summed E-state index contributed by atoms with van der Waals surface area (Å²) in [6, 6.07) is 0. The van der Waals surface area contributed by atoms with Crippen LogP contribution in [0, 0.1) is 5.92 Å². The van der Waals surface area contributed by atoms with Gasteiger partial charge in [-0.05, 0) is 51.1 Å². The second kappa shape index (κ2) is 5.83. The van der Waals surface area contributed by atoms with Crippen molar-refractivity contribution in [3.8, 4) is 0 Å². The largest absolute Gasteiger partial charge is 0.396 e. The molecule has 1 atom stereocenters. The summed E-state index contributed by atoms with van der Waals surface area (Å²) in [6.45, 7) is 4.85. The first-order valence-corrected chi connectivity index (χ1v) is 6.33. The molecule has 0 radical (unpaired) electrons. The van der Waals surface area contributed by atoms with E-state index >= 15 is 0 Å². The first-order valence-electron chi connectivity index (χ1n) is 6.33. The molecule has 2 saturated heterocycles. The van der Waals surface area contributed by atoms with Crippen LogP contribution in [-0.2, 0) is 4.74 Å². The Morgan fingerprint density at radius 3 is 2.60 bits per heavy atom. The lowest BCUT2D eigenvalue weighted by atomic mass is 9.94. The fraction of sp³-hybridized carbons (Fsp3) is 1.00. The fourth-order valence-electron chi connectivity index (χ4n) is 2.72. The van der Waals surface area contributed by atoms with Crippen molar-refractivity contribution in [1.82, 2.24) is 4.90 Å². The summed E-state index contributed by atoms with van der Waals surface area (Å²) in [5.74, 6) is 0.760. The third kappa shape index (κ3) is 3.44. The van der Waals surface area contributed by atoms with E-state index in [9.17, 15) is 0 Å². The van der Waals surface area contributed by atoms with Gasteiger partial charge in [0.05, 0.1) is 6.10 Å². The molecule has 3 nitrogen and oxygen atoms in total. The lowest BCUT2D eigenvalue weighted by molar-refractivity contribution is 0.0574. The Labute approximate surface area is 92.4 Å². The molecule has 0 aromatic heterocycles. The van der Waals surface area contributed by atoms with Crippen molar-refractivity contribution in [2.75, 3.05) is 32.8 Å². The van der Waals surface area contributed by atoms with Gasteiger partial charge in [0.15, 0.2) is 0 Å². The Morgan fingerprint density at radius 1 is 1.20 bits per heavy atom. The van der Waals surface area contributed by atoms with Gasteiger partial charge >= 0.3 is 0 Å². The number of aliphatic hydroxyl groups is 1. The van der Waals surface area contributed by atoms with Crippen LogP contribution in [0.25, 0.3) is 0 Å². The van der Waals surface area contributed by atoms with Crippen LogP contribution >= 0.6 is 0 Å². The van der Waals surface area contributed by atoms with Crippen LogP contribution in [0.1, 0.15) is 32.1 Å². The van der Waals surface area contributed by atoms with E-state index in [1.54, 1.807) is 0 Å². The molecule has 2 fully saturated rings. The normalized spacial score (nSPS) is 29.8. The quantitative estimate of drug-likeness (QED) is 0.763. The zero-order valence-electron chi connectivity index (χ0n) is 9.53. The van der Waals surface area contributed by atoms with Gasteiger partial charge in [-0.2, -0.15) is 0 Å². The van der Waals surface area contributed by atoms with Crippen LogP contribution in [0.5, 0.6) is 0 Å². The predicted octanol–water partition coefficient (Wildman–Crippen LogP) is 1.26. The maximum atomic E-state index is 8.88. The lowest BCUT2D eigenvalue weighted by Gasteiger charge is -2.33. The first-order chi connectivity index (χ1) is 7.38. The van der Waals surface area contributed by atoms with Gasteiger partial charge in [-0.3, -0.25) is 0 Å². The molecule has 2 rings (SSSR count). The van der Waals surface area contributed by atoms with Gasteiger partial charge < -0.3 is 14.7 Å². The minimum atomic E-state index is 0.358. The molecule has 0 saturated carbocycles. The Balaban J connectivity index is 1.64. The van der Waals surface area contributed by atoms with Crippen LogP contribution in [-0.4, -0.2) is 49.0 Å². The summed E-state index contributed by atoms with van der Waals surface area (Å²) < 4.78 is 5.65. The molecule has 0 aromatic rings. The monoisotopic (exact) mass is 213 g/mol. The van der Waals surface area contributed by atoms with Crippen LogP contribution < -0.4 is 0 Å². The van der Waals surface area contributed by atoms with E-state index in [1.807, 2.05) is 0 Å². The Morgan fingerprint density at radius 2 is 2.00 bits per heavy atom. The standard InChI is InChI=1S/C12H23NO2/c14-8-5-11-3-6-13(7-4-11)10-12-2-1-9-15-12/h11-12,14H,1-10H2/t12-/m0/s1. The minimum Gasteiger partial charge on any atom is -0.396 e. The molecule has 0 unspecified atom stereocenters. The van der Waals surface area contributed by atoms with Crippen molar-refractivity contribution in [1.29, 1.82) is 0 Å². The smallest absolute Gasteiger partial charge is 0.0702 e. The summed E-state index contributed by atoms with van der Waals surface area (Å²) in [6.07, 6.45) is 6.50. The van der Waals surface area contributed by atoms with E-state index in [2.05, 4.69) is 4.90 Å². The van der Waals surface area contributed by atoms with Gasteiger partial charge in [-0.25, -0.2) is 0 Å². The summed E-state index contributed by atoms with van der Waals surface area (Å²) in [5.41, 5.74) is 0. The highest BCUT2D eigenvalue weighted by Gasteiger charge is 2.23. The minimum absolute atomic E-state index is 0.358. The Kier molecular flexibility index (Phi) is 4.42. The highest BCUT2D eigenvalue weighted by molar-refractivity contribution is 4.76. The number of hydrogen-bond acceptors (Lipinski definition) is 3. The third-order valence-electron chi connectivity index (χ3n) is 3.73. The molecule has 0 amide bonds. The van der Waals surface area contributed by atoms with Crippen molar-refractivity contribution < 1.29 is 9.84 Å². The number of ether oxygens (including phenoxy) is 1. The third-order valence-corrected chi connectivity index (χ3v) is 3.73. The molecule has 2 heterocycles. The number of rotatable bonds is 4. The molecule has 0 aromatic carbocycles. The first kappa shape index (κ1) is 11.4. The van der Waals surface area contributed by atoms with Gasteiger partial charge in [0.1, 0.15) is 0 Å². The van der Waals surface area contributed by atoms with E-state index in [-0.39, 0.29) is 0 Å².